The summed E-state index contributed by atoms with van der Waals surface area (Å²) in [5.41, 5.74) is 0.267. The van der Waals surface area contributed by atoms with Gasteiger partial charge in [-0.2, -0.15) is 5.10 Å². The van der Waals surface area contributed by atoms with Crippen molar-refractivity contribution in [2.24, 2.45) is 5.92 Å². The van der Waals surface area contributed by atoms with Crippen LogP contribution in [0.5, 0.6) is 0 Å². The van der Waals surface area contributed by atoms with Crippen LogP contribution in [0.1, 0.15) is 31.9 Å². The van der Waals surface area contributed by atoms with Crippen molar-refractivity contribution < 1.29 is 9.53 Å². The number of hydrogen-bond donors (Lipinski definition) is 0. The van der Waals surface area contributed by atoms with E-state index >= 15 is 0 Å². The smallest absolute Gasteiger partial charge is 0.330 e. The Morgan fingerprint density at radius 1 is 1.56 bits per heavy atom. The summed E-state index contributed by atoms with van der Waals surface area (Å²) >= 11 is 3.23. The second-order valence-electron chi connectivity index (χ2n) is 4.57. The van der Waals surface area contributed by atoms with Gasteiger partial charge in [-0.1, -0.05) is 13.8 Å². The fourth-order valence-corrected chi connectivity index (χ4v) is 2.20. The van der Waals surface area contributed by atoms with Crippen LogP contribution in [-0.4, -0.2) is 22.9 Å². The van der Waals surface area contributed by atoms with Gasteiger partial charge in [0, 0.05) is 5.56 Å². The summed E-state index contributed by atoms with van der Waals surface area (Å²) in [5, 5.41) is 4.08. The molecule has 100 valence electrons. The van der Waals surface area contributed by atoms with Gasteiger partial charge in [-0.25, -0.2) is 9.48 Å². The van der Waals surface area contributed by atoms with Crippen LogP contribution in [0.2, 0.25) is 0 Å². The molecule has 0 N–H and O–H groups in total. The van der Waals surface area contributed by atoms with Gasteiger partial charge in [0.2, 0.25) is 0 Å². The van der Waals surface area contributed by atoms with E-state index in [1.54, 1.807) is 13.0 Å². The summed E-state index contributed by atoms with van der Waals surface area (Å²) in [6, 6.07) is 0.946. The molecule has 0 saturated carbocycles. The molecular weight excluding hydrogens is 300 g/mol. The lowest BCUT2D eigenvalue weighted by Crippen LogP contribution is -2.34. The maximum Gasteiger partial charge on any atom is 0.330 e. The maximum absolute atomic E-state index is 12.0. The van der Waals surface area contributed by atoms with E-state index in [-0.39, 0.29) is 11.5 Å². The Morgan fingerprint density at radius 3 is 2.67 bits per heavy atom. The van der Waals surface area contributed by atoms with Crippen LogP contribution in [0, 0.1) is 12.8 Å². The van der Waals surface area contributed by atoms with Crippen LogP contribution < -0.4 is 5.56 Å². The first-order chi connectivity index (χ1) is 8.36. The summed E-state index contributed by atoms with van der Waals surface area (Å²) in [4.78, 5) is 23.8. The molecule has 0 aliphatic heterocycles. The van der Waals surface area contributed by atoms with Crippen molar-refractivity contribution in [3.63, 3.8) is 0 Å². The van der Waals surface area contributed by atoms with E-state index in [1.807, 2.05) is 13.8 Å². The molecule has 1 rings (SSSR count). The SMILES string of the molecule is COC(=O)C(CC(C)C)n1nc(Br)cc(C)c1=O. The predicted octanol–water partition coefficient (Wildman–Crippen LogP) is 2.07. The molecule has 0 amide bonds. The van der Waals surface area contributed by atoms with E-state index < -0.39 is 12.0 Å². The van der Waals surface area contributed by atoms with Crippen molar-refractivity contribution in [2.75, 3.05) is 7.11 Å². The van der Waals surface area contributed by atoms with Crippen LogP contribution in [0.15, 0.2) is 15.5 Å². The van der Waals surface area contributed by atoms with Crippen molar-refractivity contribution >= 4 is 21.9 Å². The second kappa shape index (κ2) is 6.13. The minimum absolute atomic E-state index is 0.252. The number of nitrogens with zero attached hydrogens (tertiary/aromatic N) is 2. The zero-order valence-electron chi connectivity index (χ0n) is 10.9. The highest BCUT2D eigenvalue weighted by molar-refractivity contribution is 9.10. The maximum atomic E-state index is 12.0. The van der Waals surface area contributed by atoms with Gasteiger partial charge in [0.05, 0.1) is 7.11 Å². The van der Waals surface area contributed by atoms with Gasteiger partial charge in [0.1, 0.15) is 4.60 Å². The molecule has 5 nitrogen and oxygen atoms in total. The lowest BCUT2D eigenvalue weighted by atomic mass is 10.0. The van der Waals surface area contributed by atoms with Crippen molar-refractivity contribution in [2.45, 2.75) is 33.2 Å². The Kier molecular flexibility index (Phi) is 5.07. The van der Waals surface area contributed by atoms with E-state index in [1.165, 1.54) is 11.8 Å². The molecule has 1 unspecified atom stereocenters. The van der Waals surface area contributed by atoms with Gasteiger partial charge in [-0.3, -0.25) is 4.79 Å². The summed E-state index contributed by atoms with van der Waals surface area (Å²) in [5.74, 6) is -0.196. The van der Waals surface area contributed by atoms with E-state index in [4.69, 9.17) is 4.74 Å². The lowest BCUT2D eigenvalue weighted by molar-refractivity contribution is -0.145. The zero-order chi connectivity index (χ0) is 13.9. The molecule has 0 aliphatic carbocycles. The minimum atomic E-state index is -0.682. The monoisotopic (exact) mass is 316 g/mol. The first-order valence-electron chi connectivity index (χ1n) is 5.70. The number of carbonyl (C=O) groups is 1. The second-order valence-corrected chi connectivity index (χ2v) is 5.38. The molecule has 0 aliphatic rings. The summed E-state index contributed by atoms with van der Waals surface area (Å²) < 4.78 is 6.47. The number of hydrogen-bond acceptors (Lipinski definition) is 4. The Hall–Kier alpha value is -1.17. The van der Waals surface area contributed by atoms with Gasteiger partial charge in [-0.15, -0.1) is 0 Å². The quantitative estimate of drug-likeness (QED) is 0.798. The molecule has 0 bridgehead atoms. The topological polar surface area (TPSA) is 61.2 Å². The third kappa shape index (κ3) is 3.41. The standard InChI is InChI=1S/C12H17BrN2O3/c1-7(2)5-9(12(17)18-4)15-11(16)8(3)6-10(13)14-15/h6-7,9H,5H2,1-4H3. The third-order valence-electron chi connectivity index (χ3n) is 2.55. The molecule has 6 heteroatoms. The molecule has 1 aromatic rings. The summed E-state index contributed by atoms with van der Waals surface area (Å²) in [6.07, 6.45) is 0.509. The Bertz CT molecular complexity index is 497. The third-order valence-corrected chi connectivity index (χ3v) is 2.93. The molecular formula is C12H17BrN2O3. The summed E-state index contributed by atoms with van der Waals surface area (Å²) in [6.45, 7) is 5.65. The van der Waals surface area contributed by atoms with Crippen LogP contribution in [0.25, 0.3) is 0 Å². The molecule has 0 spiro atoms. The number of carbonyl (C=O) groups excluding carboxylic acids is 1. The van der Waals surface area contributed by atoms with Crippen LogP contribution in [-0.2, 0) is 9.53 Å². The fourth-order valence-electron chi connectivity index (χ4n) is 1.69. The molecule has 0 fully saturated rings. The van der Waals surface area contributed by atoms with Crippen LogP contribution >= 0.6 is 15.9 Å². The molecule has 1 heterocycles. The molecule has 0 aromatic carbocycles. The Labute approximate surface area is 114 Å². The van der Waals surface area contributed by atoms with Gasteiger partial charge in [0.15, 0.2) is 6.04 Å². The number of esters is 1. The van der Waals surface area contributed by atoms with Crippen molar-refractivity contribution in [3.05, 3.63) is 26.6 Å². The van der Waals surface area contributed by atoms with Gasteiger partial charge in [-0.05, 0) is 41.3 Å². The first-order valence-corrected chi connectivity index (χ1v) is 6.50. The number of methoxy groups -OCH3 is 1. The van der Waals surface area contributed by atoms with Crippen molar-refractivity contribution in [3.8, 4) is 0 Å². The lowest BCUT2D eigenvalue weighted by Gasteiger charge is -2.18. The Balaban J connectivity index is 3.28. The molecule has 18 heavy (non-hydrogen) atoms. The average Bonchev–Trinajstić information content (AvgIpc) is 2.29. The van der Waals surface area contributed by atoms with Gasteiger partial charge >= 0.3 is 5.97 Å². The molecule has 1 aromatic heterocycles. The molecule has 1 atom stereocenters. The minimum Gasteiger partial charge on any atom is -0.467 e. The number of halogens is 1. The van der Waals surface area contributed by atoms with Crippen LogP contribution in [0.4, 0.5) is 0 Å². The van der Waals surface area contributed by atoms with Gasteiger partial charge in [0.25, 0.3) is 5.56 Å². The molecule has 0 saturated heterocycles. The van der Waals surface area contributed by atoms with E-state index in [0.29, 0.717) is 16.6 Å². The average molecular weight is 317 g/mol. The highest BCUT2D eigenvalue weighted by Crippen LogP contribution is 2.18. The van der Waals surface area contributed by atoms with E-state index in [2.05, 4.69) is 21.0 Å². The number of ether oxygens (including phenoxy) is 1. The van der Waals surface area contributed by atoms with Gasteiger partial charge < -0.3 is 4.74 Å². The Morgan fingerprint density at radius 2 is 2.17 bits per heavy atom. The van der Waals surface area contributed by atoms with Crippen molar-refractivity contribution in [1.29, 1.82) is 0 Å². The molecule has 0 radical (unpaired) electrons. The predicted molar refractivity (Wildman–Crippen MR) is 71.4 cm³/mol. The van der Waals surface area contributed by atoms with E-state index in [0.717, 1.165) is 0 Å². The van der Waals surface area contributed by atoms with E-state index in [9.17, 15) is 9.59 Å². The summed E-state index contributed by atoms with van der Waals surface area (Å²) in [7, 11) is 1.31. The number of aryl methyl sites for hydroxylation is 1. The van der Waals surface area contributed by atoms with Crippen LogP contribution in [0.3, 0.4) is 0 Å². The zero-order valence-corrected chi connectivity index (χ0v) is 12.5. The fraction of sp³-hybridized carbons (Fsp3) is 0.583. The largest absolute Gasteiger partial charge is 0.467 e. The number of rotatable bonds is 4. The van der Waals surface area contributed by atoms with Crippen molar-refractivity contribution in [1.82, 2.24) is 9.78 Å². The normalized spacial score (nSPS) is 12.6. The highest BCUT2D eigenvalue weighted by atomic mass is 79.9. The highest BCUT2D eigenvalue weighted by Gasteiger charge is 2.25. The first kappa shape index (κ1) is 14.9. The number of aromatic nitrogens is 2.